The number of aromatic nitrogens is 1. The van der Waals surface area contributed by atoms with Crippen molar-refractivity contribution in [2.75, 3.05) is 13.1 Å². The number of nitrogens with one attached hydrogen (secondary N) is 1. The third-order valence-corrected chi connectivity index (χ3v) is 2.64. The molecule has 2 rings (SSSR count). The van der Waals surface area contributed by atoms with Crippen molar-refractivity contribution in [1.29, 1.82) is 0 Å². The monoisotopic (exact) mass is 199 g/mol. The molecule has 0 radical (unpaired) electrons. The van der Waals surface area contributed by atoms with Gasteiger partial charge in [0.25, 0.3) is 11.1 Å². The van der Waals surface area contributed by atoms with Crippen LogP contribution < -0.4 is 15.8 Å². The van der Waals surface area contributed by atoms with Crippen molar-refractivity contribution < 1.29 is 9.53 Å². The first-order valence-electron chi connectivity index (χ1n) is 3.88. The van der Waals surface area contributed by atoms with E-state index in [2.05, 4.69) is 10.3 Å². The molecule has 6 heteroatoms. The number of nitrogens with zero attached hydrogens (tertiary/aromatic N) is 1. The molecule has 0 bridgehead atoms. The topological polar surface area (TPSA) is 77.2 Å². The fourth-order valence-corrected chi connectivity index (χ4v) is 1.60. The number of carbonyl (C=O) groups is 1. The molecule has 0 atom stereocenters. The lowest BCUT2D eigenvalue weighted by Crippen LogP contribution is -2.50. The van der Waals surface area contributed by atoms with Gasteiger partial charge in [0, 0.05) is 13.1 Å². The Bertz CT molecular complexity index is 321. The molecule has 0 unspecified atom stereocenters. The first kappa shape index (κ1) is 8.46. The minimum Gasteiger partial charge on any atom is -0.464 e. The van der Waals surface area contributed by atoms with E-state index in [0.29, 0.717) is 10.1 Å². The average molecular weight is 199 g/mol. The van der Waals surface area contributed by atoms with Gasteiger partial charge in [-0.3, -0.25) is 4.79 Å². The van der Waals surface area contributed by atoms with Gasteiger partial charge in [-0.05, 0) is 0 Å². The van der Waals surface area contributed by atoms with Crippen molar-refractivity contribution in [1.82, 2.24) is 10.3 Å². The van der Waals surface area contributed by atoms with Crippen molar-refractivity contribution in [2.24, 2.45) is 5.73 Å². The summed E-state index contributed by atoms with van der Waals surface area (Å²) in [5.41, 5.74) is 5.07. The summed E-state index contributed by atoms with van der Waals surface area (Å²) in [5.74, 6) is -0.459. The molecule has 13 heavy (non-hydrogen) atoms. The number of thiazole rings is 1. The number of rotatable bonds is 3. The Balaban J connectivity index is 2.00. The van der Waals surface area contributed by atoms with Gasteiger partial charge >= 0.3 is 0 Å². The largest absolute Gasteiger partial charge is 0.464 e. The number of primary amides is 1. The second kappa shape index (κ2) is 3.31. The molecule has 1 fully saturated rings. The molecule has 5 nitrogen and oxygen atoms in total. The van der Waals surface area contributed by atoms with Crippen molar-refractivity contribution >= 4 is 17.2 Å². The molecule has 70 valence electrons. The van der Waals surface area contributed by atoms with E-state index in [1.165, 1.54) is 17.5 Å². The summed E-state index contributed by atoms with van der Waals surface area (Å²) in [6.07, 6.45) is 1.63. The first-order valence-corrected chi connectivity index (χ1v) is 4.70. The van der Waals surface area contributed by atoms with E-state index in [1.54, 1.807) is 0 Å². The average Bonchev–Trinajstić information content (AvgIpc) is 2.44. The maximum atomic E-state index is 10.7. The van der Waals surface area contributed by atoms with Gasteiger partial charge < -0.3 is 15.8 Å². The highest BCUT2D eigenvalue weighted by Gasteiger charge is 2.20. The zero-order valence-electron chi connectivity index (χ0n) is 6.82. The predicted octanol–water partition coefficient (Wildman–Crippen LogP) is -0.407. The van der Waals surface area contributed by atoms with Gasteiger partial charge in [0.15, 0.2) is 0 Å². The van der Waals surface area contributed by atoms with E-state index in [0.717, 1.165) is 13.1 Å². The van der Waals surface area contributed by atoms with Gasteiger partial charge in [-0.2, -0.15) is 0 Å². The number of hydrogen-bond donors (Lipinski definition) is 2. The fourth-order valence-electron chi connectivity index (χ4n) is 0.915. The number of ether oxygens (including phenoxy) is 1. The molecular formula is C7H9N3O2S. The summed E-state index contributed by atoms with van der Waals surface area (Å²) in [5, 5.41) is 3.59. The lowest BCUT2D eigenvalue weighted by atomic mass is 10.2. The summed E-state index contributed by atoms with van der Waals surface area (Å²) in [6, 6.07) is 0. The van der Waals surface area contributed by atoms with Gasteiger partial charge in [-0.1, -0.05) is 11.3 Å². The number of hydrogen-bond acceptors (Lipinski definition) is 5. The Morgan fingerprint density at radius 2 is 2.54 bits per heavy atom. The molecule has 1 aliphatic heterocycles. The van der Waals surface area contributed by atoms with Crippen LogP contribution in [0.1, 0.15) is 9.67 Å². The molecule has 0 aromatic carbocycles. The van der Waals surface area contributed by atoms with Crippen molar-refractivity contribution in [3.05, 3.63) is 11.1 Å². The molecular weight excluding hydrogens is 190 g/mol. The zero-order chi connectivity index (χ0) is 9.26. The molecule has 2 heterocycles. The SMILES string of the molecule is NC(=O)c1cnc(OC2CNC2)s1. The van der Waals surface area contributed by atoms with Crippen LogP contribution >= 0.6 is 11.3 Å². The maximum absolute atomic E-state index is 10.7. The zero-order valence-corrected chi connectivity index (χ0v) is 7.63. The minimum atomic E-state index is -0.459. The summed E-state index contributed by atoms with van der Waals surface area (Å²) < 4.78 is 5.42. The lowest BCUT2D eigenvalue weighted by molar-refractivity contribution is 0.100. The molecule has 0 spiro atoms. The summed E-state index contributed by atoms with van der Waals surface area (Å²) in [6.45, 7) is 1.68. The number of amides is 1. The first-order chi connectivity index (χ1) is 6.25. The smallest absolute Gasteiger partial charge is 0.274 e. The third kappa shape index (κ3) is 1.78. The third-order valence-electron chi connectivity index (χ3n) is 1.74. The summed E-state index contributed by atoms with van der Waals surface area (Å²) in [4.78, 5) is 15.1. The van der Waals surface area contributed by atoms with E-state index in [1.807, 2.05) is 0 Å². The Morgan fingerprint density at radius 1 is 1.77 bits per heavy atom. The van der Waals surface area contributed by atoms with Crippen LogP contribution in [0.4, 0.5) is 0 Å². The van der Waals surface area contributed by atoms with Crippen LogP contribution in [0.3, 0.4) is 0 Å². The Hall–Kier alpha value is -1.14. The highest BCUT2D eigenvalue weighted by molar-refractivity contribution is 7.15. The molecule has 1 saturated heterocycles. The highest BCUT2D eigenvalue weighted by Crippen LogP contribution is 2.21. The second-order valence-electron chi connectivity index (χ2n) is 2.75. The highest BCUT2D eigenvalue weighted by atomic mass is 32.1. The molecule has 0 saturated carbocycles. The quantitative estimate of drug-likeness (QED) is 0.694. The van der Waals surface area contributed by atoms with Crippen molar-refractivity contribution in [3.8, 4) is 5.19 Å². The van der Waals surface area contributed by atoms with Crippen LogP contribution in [0.2, 0.25) is 0 Å². The Labute approximate surface area is 78.9 Å². The second-order valence-corrected chi connectivity index (χ2v) is 3.75. The van der Waals surface area contributed by atoms with Gasteiger partial charge in [-0.15, -0.1) is 0 Å². The van der Waals surface area contributed by atoms with Gasteiger partial charge in [0.2, 0.25) is 0 Å². The minimum absolute atomic E-state index is 0.187. The summed E-state index contributed by atoms with van der Waals surface area (Å²) in [7, 11) is 0. The number of nitrogens with two attached hydrogens (primary N) is 1. The molecule has 1 aromatic heterocycles. The van der Waals surface area contributed by atoms with Crippen LogP contribution in [0, 0.1) is 0 Å². The van der Waals surface area contributed by atoms with Gasteiger partial charge in [0.1, 0.15) is 11.0 Å². The number of carbonyl (C=O) groups excluding carboxylic acids is 1. The van der Waals surface area contributed by atoms with E-state index in [4.69, 9.17) is 10.5 Å². The van der Waals surface area contributed by atoms with E-state index in [9.17, 15) is 4.79 Å². The normalized spacial score (nSPS) is 16.6. The summed E-state index contributed by atoms with van der Waals surface area (Å²) >= 11 is 1.18. The molecule has 1 aliphatic rings. The van der Waals surface area contributed by atoms with Crippen LogP contribution in [0.25, 0.3) is 0 Å². The Morgan fingerprint density at radius 3 is 3.00 bits per heavy atom. The van der Waals surface area contributed by atoms with Crippen molar-refractivity contribution in [2.45, 2.75) is 6.10 Å². The van der Waals surface area contributed by atoms with E-state index < -0.39 is 5.91 Å². The Kier molecular flexibility index (Phi) is 2.15. The van der Waals surface area contributed by atoms with Crippen LogP contribution in [0.5, 0.6) is 5.19 Å². The molecule has 1 aromatic rings. The van der Waals surface area contributed by atoms with Crippen LogP contribution in [0.15, 0.2) is 6.20 Å². The van der Waals surface area contributed by atoms with Gasteiger partial charge in [0.05, 0.1) is 6.20 Å². The lowest BCUT2D eigenvalue weighted by Gasteiger charge is -2.26. The van der Waals surface area contributed by atoms with E-state index >= 15 is 0 Å². The predicted molar refractivity (Wildman–Crippen MR) is 47.9 cm³/mol. The van der Waals surface area contributed by atoms with Gasteiger partial charge in [-0.25, -0.2) is 4.98 Å². The molecule has 3 N–H and O–H groups in total. The fraction of sp³-hybridized carbons (Fsp3) is 0.429. The van der Waals surface area contributed by atoms with Crippen molar-refractivity contribution in [3.63, 3.8) is 0 Å². The standard InChI is InChI=1S/C7H9N3O2S/c8-6(11)5-3-10-7(13-5)12-4-1-9-2-4/h3-4,9H,1-2H2,(H2,8,11). The van der Waals surface area contributed by atoms with Crippen LogP contribution in [-0.4, -0.2) is 30.1 Å². The van der Waals surface area contributed by atoms with Crippen LogP contribution in [-0.2, 0) is 0 Å². The maximum Gasteiger partial charge on any atom is 0.274 e. The van der Waals surface area contributed by atoms with E-state index in [-0.39, 0.29) is 6.10 Å². The molecule has 0 aliphatic carbocycles. The molecule has 1 amide bonds.